The molecule has 0 saturated carbocycles. The minimum absolute atomic E-state index is 0.0791. The molecule has 0 aromatic heterocycles. The fraction of sp³-hybridized carbons (Fsp3) is 0.985. The number of nitrogens with zero attached hydrogens (tertiary/aromatic N) is 1. The van der Waals surface area contributed by atoms with E-state index in [4.69, 9.17) is 9.05 Å². The first-order valence-corrected chi connectivity index (χ1v) is 36.4. The van der Waals surface area contributed by atoms with E-state index in [1.54, 1.807) is 0 Å². The minimum atomic E-state index is -4.32. The predicted molar refractivity (Wildman–Crippen MR) is 337 cm³/mol. The fourth-order valence-corrected chi connectivity index (χ4v) is 11.9. The quantitative estimate of drug-likeness (QED) is 0.0318. The first-order chi connectivity index (χ1) is 37.5. The van der Waals surface area contributed by atoms with Gasteiger partial charge in [-0.05, 0) is 12.8 Å². The monoisotopic (exact) mass is 1110 g/mol. The molecule has 0 rings (SSSR count). The minimum Gasteiger partial charge on any atom is -0.391 e. The first-order valence-electron chi connectivity index (χ1n) is 34.9. The number of carbonyl (C=O) groups is 1. The summed E-state index contributed by atoms with van der Waals surface area (Å²) in [7, 11) is 1.64. The lowest BCUT2D eigenvalue weighted by molar-refractivity contribution is -0.870. The van der Waals surface area contributed by atoms with Crippen molar-refractivity contribution in [3.05, 3.63) is 0 Å². The second-order valence-electron chi connectivity index (χ2n) is 25.6. The first kappa shape index (κ1) is 76.5. The molecule has 0 aliphatic heterocycles. The largest absolute Gasteiger partial charge is 0.472 e. The SMILES string of the molecule is CCCCCCCCCCCCCCCCCCCCCCCCCCCCCCCCCCCCCCCCCCC(=O)NC(COP(=O)(O)OCC[N+](C)(C)C)C(O)CCCCCCCCCCCCCCCCC. The molecule has 0 saturated heterocycles. The molecule has 462 valence electrons. The Morgan fingerprint density at radius 2 is 0.623 bits per heavy atom. The Morgan fingerprint density at radius 1 is 0.390 bits per heavy atom. The molecule has 0 radical (unpaired) electrons. The molecule has 0 aliphatic carbocycles. The molecule has 0 aliphatic rings. The van der Waals surface area contributed by atoms with Gasteiger partial charge in [-0.1, -0.05) is 361 Å². The molecule has 3 N–H and O–H groups in total. The van der Waals surface area contributed by atoms with E-state index in [0.29, 0.717) is 23.9 Å². The van der Waals surface area contributed by atoms with Crippen LogP contribution < -0.4 is 5.32 Å². The molecular formula is C68H140N2O6P+. The van der Waals surface area contributed by atoms with Crippen molar-refractivity contribution in [3.63, 3.8) is 0 Å². The third kappa shape index (κ3) is 62.9. The van der Waals surface area contributed by atoms with Crippen LogP contribution in [0.5, 0.6) is 0 Å². The van der Waals surface area contributed by atoms with Gasteiger partial charge in [-0.3, -0.25) is 13.8 Å². The van der Waals surface area contributed by atoms with Gasteiger partial charge in [0.2, 0.25) is 5.91 Å². The van der Waals surface area contributed by atoms with Crippen LogP contribution in [0, 0.1) is 0 Å². The van der Waals surface area contributed by atoms with Crippen molar-refractivity contribution in [3.8, 4) is 0 Å². The van der Waals surface area contributed by atoms with Crippen LogP contribution in [-0.2, 0) is 18.4 Å². The van der Waals surface area contributed by atoms with E-state index < -0.39 is 20.0 Å². The summed E-state index contributed by atoms with van der Waals surface area (Å²) in [5.41, 5.74) is 0. The molecule has 0 spiro atoms. The number of phosphoric acid groups is 1. The van der Waals surface area contributed by atoms with Crippen molar-refractivity contribution in [1.82, 2.24) is 5.32 Å². The maximum Gasteiger partial charge on any atom is 0.472 e. The molecule has 0 fully saturated rings. The third-order valence-electron chi connectivity index (χ3n) is 16.6. The van der Waals surface area contributed by atoms with E-state index >= 15 is 0 Å². The van der Waals surface area contributed by atoms with E-state index in [2.05, 4.69) is 19.2 Å². The number of hydrogen-bond acceptors (Lipinski definition) is 5. The Morgan fingerprint density at radius 3 is 0.870 bits per heavy atom. The molecule has 0 aromatic rings. The molecule has 3 atom stereocenters. The van der Waals surface area contributed by atoms with Gasteiger partial charge >= 0.3 is 7.82 Å². The summed E-state index contributed by atoms with van der Waals surface area (Å²) in [5.74, 6) is -0.135. The van der Waals surface area contributed by atoms with Crippen LogP contribution in [0.3, 0.4) is 0 Å². The van der Waals surface area contributed by atoms with Gasteiger partial charge in [0.05, 0.1) is 39.9 Å². The van der Waals surface area contributed by atoms with Gasteiger partial charge in [0.1, 0.15) is 13.2 Å². The Bertz CT molecular complexity index is 1220. The second-order valence-corrected chi connectivity index (χ2v) is 27.1. The lowest BCUT2D eigenvalue weighted by Crippen LogP contribution is -2.46. The maximum absolute atomic E-state index is 13.0. The van der Waals surface area contributed by atoms with Crippen LogP contribution in [0.25, 0.3) is 0 Å². The van der Waals surface area contributed by atoms with Gasteiger partial charge in [0, 0.05) is 6.42 Å². The molecule has 0 heterocycles. The van der Waals surface area contributed by atoms with Crippen molar-refractivity contribution in [2.75, 3.05) is 40.9 Å². The van der Waals surface area contributed by atoms with Gasteiger partial charge in [0.15, 0.2) is 0 Å². The van der Waals surface area contributed by atoms with Crippen LogP contribution in [0.1, 0.15) is 380 Å². The summed E-state index contributed by atoms with van der Waals surface area (Å²) in [4.78, 5) is 23.4. The number of quaternary nitrogens is 1. The number of carbonyl (C=O) groups excluding carboxylic acids is 1. The van der Waals surface area contributed by atoms with Crippen LogP contribution in [0.15, 0.2) is 0 Å². The third-order valence-corrected chi connectivity index (χ3v) is 17.6. The normalized spacial score (nSPS) is 13.6. The average molecular weight is 1110 g/mol. The maximum atomic E-state index is 13.0. The van der Waals surface area contributed by atoms with Gasteiger partial charge in [0.25, 0.3) is 0 Å². The topological polar surface area (TPSA) is 105 Å². The number of likely N-dealkylation sites (N-methyl/N-ethyl adjacent to an activating group) is 1. The molecule has 0 bridgehead atoms. The van der Waals surface area contributed by atoms with Crippen molar-refractivity contribution in [2.45, 2.75) is 392 Å². The van der Waals surface area contributed by atoms with E-state index in [0.717, 1.165) is 38.5 Å². The smallest absolute Gasteiger partial charge is 0.391 e. The summed E-state index contributed by atoms with van der Waals surface area (Å²) < 4.78 is 23.8. The highest BCUT2D eigenvalue weighted by atomic mass is 31.2. The molecule has 8 nitrogen and oxygen atoms in total. The highest BCUT2D eigenvalue weighted by Crippen LogP contribution is 2.43. The van der Waals surface area contributed by atoms with E-state index in [1.807, 2.05) is 21.1 Å². The summed E-state index contributed by atoms with van der Waals surface area (Å²) >= 11 is 0. The van der Waals surface area contributed by atoms with Crippen molar-refractivity contribution < 1.29 is 32.9 Å². The Labute approximate surface area is 482 Å². The van der Waals surface area contributed by atoms with Gasteiger partial charge in [-0.15, -0.1) is 0 Å². The van der Waals surface area contributed by atoms with Crippen LogP contribution >= 0.6 is 7.82 Å². The number of unbranched alkanes of at least 4 members (excludes halogenated alkanes) is 53. The van der Waals surface area contributed by atoms with Crippen LogP contribution in [-0.4, -0.2) is 73.4 Å². The summed E-state index contributed by atoms with van der Waals surface area (Å²) in [6, 6.07) is -0.755. The van der Waals surface area contributed by atoms with Crippen LogP contribution in [0.2, 0.25) is 0 Å². The Kier molecular flexibility index (Phi) is 59.7. The molecule has 0 aromatic carbocycles. The highest BCUT2D eigenvalue weighted by molar-refractivity contribution is 7.47. The summed E-state index contributed by atoms with van der Waals surface area (Å²) in [5, 5.41) is 14.1. The molecular weight excluding hydrogens is 972 g/mol. The number of nitrogens with one attached hydrogen (secondary N) is 1. The molecule has 9 heteroatoms. The zero-order valence-corrected chi connectivity index (χ0v) is 53.9. The zero-order chi connectivity index (χ0) is 56.3. The van der Waals surface area contributed by atoms with Crippen molar-refractivity contribution in [1.29, 1.82) is 0 Å². The Hall–Kier alpha value is -0.500. The number of amides is 1. The van der Waals surface area contributed by atoms with E-state index in [1.165, 1.54) is 315 Å². The standard InChI is InChI=1S/C68H139N2O6P/c1-6-8-10-12-14-16-18-20-22-23-24-25-26-27-28-29-30-31-32-33-34-35-36-37-38-39-40-41-42-43-44-45-46-48-50-52-54-56-58-60-62-68(72)69-66(65-76-77(73,74)75-64-63-70(3,4)5)67(71)61-59-57-55-53-51-49-47-21-19-17-15-13-11-9-7-2/h66-67,71H,6-65H2,1-5H3,(H-,69,72,73,74)/p+1. The summed E-state index contributed by atoms with van der Waals surface area (Å²) in [6.07, 6.45) is 75.2. The van der Waals surface area contributed by atoms with Gasteiger partial charge in [-0.2, -0.15) is 0 Å². The van der Waals surface area contributed by atoms with Crippen molar-refractivity contribution >= 4 is 13.7 Å². The summed E-state index contributed by atoms with van der Waals surface area (Å²) in [6.45, 7) is 4.95. The number of aliphatic hydroxyl groups is 1. The zero-order valence-electron chi connectivity index (χ0n) is 53.0. The molecule has 3 unspecified atom stereocenters. The number of phosphoric ester groups is 1. The van der Waals surface area contributed by atoms with Gasteiger partial charge < -0.3 is 19.8 Å². The number of aliphatic hydroxyl groups excluding tert-OH is 1. The predicted octanol–water partition coefficient (Wildman–Crippen LogP) is 21.9. The fourth-order valence-electron chi connectivity index (χ4n) is 11.2. The second kappa shape index (κ2) is 60.1. The van der Waals surface area contributed by atoms with E-state index in [-0.39, 0.29) is 19.1 Å². The Balaban J connectivity index is 3.80. The molecule has 77 heavy (non-hydrogen) atoms. The average Bonchev–Trinajstić information content (AvgIpc) is 3.39. The highest BCUT2D eigenvalue weighted by Gasteiger charge is 2.28. The lowest BCUT2D eigenvalue weighted by Gasteiger charge is -2.26. The number of hydrogen-bond donors (Lipinski definition) is 3. The number of rotatable bonds is 66. The van der Waals surface area contributed by atoms with Gasteiger partial charge in [-0.25, -0.2) is 4.57 Å². The van der Waals surface area contributed by atoms with Crippen LogP contribution in [0.4, 0.5) is 0 Å². The van der Waals surface area contributed by atoms with Crippen molar-refractivity contribution in [2.24, 2.45) is 0 Å². The molecule has 1 amide bonds. The van der Waals surface area contributed by atoms with E-state index in [9.17, 15) is 19.4 Å². The lowest BCUT2D eigenvalue weighted by atomic mass is 10.0.